The highest BCUT2D eigenvalue weighted by molar-refractivity contribution is 5.88. The Morgan fingerprint density at radius 2 is 1.55 bits per heavy atom. The predicted octanol–water partition coefficient (Wildman–Crippen LogP) is 3.41. The van der Waals surface area contributed by atoms with Crippen molar-refractivity contribution >= 4 is 11.8 Å². The van der Waals surface area contributed by atoms with Crippen LogP contribution in [0.1, 0.15) is 32.8 Å². The molecule has 0 saturated carbocycles. The Bertz CT molecular complexity index is 834. The minimum atomic E-state index is -0.648. The maximum absolute atomic E-state index is 13.1. The molecule has 0 bridgehead atoms. The molecule has 0 fully saturated rings. The van der Waals surface area contributed by atoms with Crippen molar-refractivity contribution in [3.05, 3.63) is 54.1 Å². The third-order valence-corrected chi connectivity index (χ3v) is 5.05. The molecular formula is C24H32N2O5. The van der Waals surface area contributed by atoms with Crippen LogP contribution >= 0.6 is 0 Å². The summed E-state index contributed by atoms with van der Waals surface area (Å²) in [6.07, 6.45) is 0.811. The molecule has 0 aliphatic heterocycles. The van der Waals surface area contributed by atoms with Gasteiger partial charge in [-0.1, -0.05) is 37.3 Å². The summed E-state index contributed by atoms with van der Waals surface area (Å²) in [5.41, 5.74) is 0.932. The van der Waals surface area contributed by atoms with Crippen LogP contribution < -0.4 is 19.5 Å². The van der Waals surface area contributed by atoms with Gasteiger partial charge < -0.3 is 24.4 Å². The zero-order valence-electron chi connectivity index (χ0n) is 18.9. The first-order valence-corrected chi connectivity index (χ1v) is 10.4. The van der Waals surface area contributed by atoms with Crippen molar-refractivity contribution in [1.29, 1.82) is 0 Å². The zero-order valence-corrected chi connectivity index (χ0v) is 18.9. The first-order chi connectivity index (χ1) is 14.9. The molecular weight excluding hydrogens is 396 g/mol. The molecule has 1 N–H and O–H groups in total. The summed E-state index contributed by atoms with van der Waals surface area (Å²) in [7, 11) is 3.09. The number of carbonyl (C=O) groups excluding carboxylic acids is 2. The van der Waals surface area contributed by atoms with Crippen molar-refractivity contribution in [2.24, 2.45) is 0 Å². The first kappa shape index (κ1) is 24.1. The van der Waals surface area contributed by atoms with E-state index >= 15 is 0 Å². The van der Waals surface area contributed by atoms with Gasteiger partial charge in [-0.05, 0) is 25.8 Å². The van der Waals surface area contributed by atoms with Gasteiger partial charge in [0, 0.05) is 30.8 Å². The predicted molar refractivity (Wildman–Crippen MR) is 119 cm³/mol. The standard InChI is InChI=1S/C24H32N2O5/c1-6-17(2)25-24(28)18(3)26(15-19-10-8-7-9-11-19)23(27)16-31-22-13-20(29-4)12-21(14-22)30-5/h7-14,17-18H,6,15-16H2,1-5H3,(H,25,28). The van der Waals surface area contributed by atoms with Crippen molar-refractivity contribution in [1.82, 2.24) is 10.2 Å². The van der Waals surface area contributed by atoms with E-state index in [1.165, 1.54) is 4.90 Å². The lowest BCUT2D eigenvalue weighted by Crippen LogP contribution is -2.50. The average molecular weight is 429 g/mol. The molecule has 7 nitrogen and oxygen atoms in total. The van der Waals surface area contributed by atoms with E-state index in [1.54, 1.807) is 39.3 Å². The monoisotopic (exact) mass is 428 g/mol. The van der Waals surface area contributed by atoms with Crippen LogP contribution in [-0.2, 0) is 16.1 Å². The third kappa shape index (κ3) is 7.20. The number of methoxy groups -OCH3 is 2. The molecule has 0 heterocycles. The van der Waals surface area contributed by atoms with Crippen molar-refractivity contribution in [2.75, 3.05) is 20.8 Å². The van der Waals surface area contributed by atoms with E-state index in [0.717, 1.165) is 12.0 Å². The highest BCUT2D eigenvalue weighted by Crippen LogP contribution is 2.27. The molecule has 7 heteroatoms. The molecule has 0 spiro atoms. The largest absolute Gasteiger partial charge is 0.496 e. The maximum Gasteiger partial charge on any atom is 0.261 e. The molecule has 2 rings (SSSR count). The summed E-state index contributed by atoms with van der Waals surface area (Å²) in [4.78, 5) is 27.3. The molecule has 2 amide bonds. The number of nitrogens with zero attached hydrogens (tertiary/aromatic N) is 1. The van der Waals surface area contributed by atoms with Crippen LogP contribution in [0.2, 0.25) is 0 Å². The van der Waals surface area contributed by atoms with Gasteiger partial charge in [-0.25, -0.2) is 0 Å². The summed E-state index contributed by atoms with van der Waals surface area (Å²) in [5.74, 6) is 1.08. The fourth-order valence-electron chi connectivity index (χ4n) is 2.92. The van der Waals surface area contributed by atoms with E-state index in [1.807, 2.05) is 44.2 Å². The number of ether oxygens (including phenoxy) is 3. The molecule has 2 atom stereocenters. The number of nitrogens with one attached hydrogen (secondary N) is 1. The van der Waals surface area contributed by atoms with Gasteiger partial charge in [0.1, 0.15) is 23.3 Å². The minimum Gasteiger partial charge on any atom is -0.496 e. The molecule has 0 radical (unpaired) electrons. The Morgan fingerprint density at radius 3 is 2.10 bits per heavy atom. The molecule has 0 aromatic heterocycles. The fraction of sp³-hybridized carbons (Fsp3) is 0.417. The average Bonchev–Trinajstić information content (AvgIpc) is 2.80. The molecule has 2 unspecified atom stereocenters. The number of amides is 2. The zero-order chi connectivity index (χ0) is 22.8. The maximum atomic E-state index is 13.1. The molecule has 0 aliphatic rings. The summed E-state index contributed by atoms with van der Waals surface area (Å²) in [5, 5.41) is 2.95. The molecule has 2 aromatic carbocycles. The normalized spacial score (nSPS) is 12.4. The second-order valence-electron chi connectivity index (χ2n) is 7.34. The topological polar surface area (TPSA) is 77.1 Å². The van der Waals surface area contributed by atoms with Crippen LogP contribution in [0, 0.1) is 0 Å². The van der Waals surface area contributed by atoms with E-state index in [0.29, 0.717) is 23.8 Å². The molecule has 0 aliphatic carbocycles. The second kappa shape index (κ2) is 11.8. The Kier molecular flexibility index (Phi) is 9.18. The van der Waals surface area contributed by atoms with Gasteiger partial charge in [-0.3, -0.25) is 9.59 Å². The van der Waals surface area contributed by atoms with Crippen molar-refractivity contribution in [3.63, 3.8) is 0 Å². The van der Waals surface area contributed by atoms with Crippen LogP contribution in [0.5, 0.6) is 17.2 Å². The van der Waals surface area contributed by atoms with Gasteiger partial charge in [-0.15, -0.1) is 0 Å². The summed E-state index contributed by atoms with van der Waals surface area (Å²) >= 11 is 0. The van der Waals surface area contributed by atoms with Gasteiger partial charge in [0.15, 0.2) is 6.61 Å². The van der Waals surface area contributed by atoms with E-state index in [9.17, 15) is 9.59 Å². The Labute approximate surface area is 184 Å². The molecule has 31 heavy (non-hydrogen) atoms. The number of benzene rings is 2. The van der Waals surface area contributed by atoms with Gasteiger partial charge in [0.25, 0.3) is 5.91 Å². The first-order valence-electron chi connectivity index (χ1n) is 10.4. The molecule has 0 saturated heterocycles. The van der Waals surface area contributed by atoms with Gasteiger partial charge in [0.05, 0.1) is 14.2 Å². The third-order valence-electron chi connectivity index (χ3n) is 5.05. The van der Waals surface area contributed by atoms with E-state index in [2.05, 4.69) is 5.32 Å². The number of rotatable bonds is 11. The van der Waals surface area contributed by atoms with Crippen LogP contribution in [0.4, 0.5) is 0 Å². The smallest absolute Gasteiger partial charge is 0.261 e. The number of carbonyl (C=O) groups is 2. The fourth-order valence-corrected chi connectivity index (χ4v) is 2.92. The van der Waals surface area contributed by atoms with E-state index in [4.69, 9.17) is 14.2 Å². The van der Waals surface area contributed by atoms with Crippen LogP contribution in [0.3, 0.4) is 0 Å². The quantitative estimate of drug-likeness (QED) is 0.594. The highest BCUT2D eigenvalue weighted by atomic mass is 16.5. The Balaban J connectivity index is 2.16. The lowest BCUT2D eigenvalue weighted by Gasteiger charge is -2.29. The summed E-state index contributed by atoms with van der Waals surface area (Å²) < 4.78 is 16.2. The Morgan fingerprint density at radius 1 is 0.968 bits per heavy atom. The summed E-state index contributed by atoms with van der Waals surface area (Å²) in [6, 6.07) is 14.0. The van der Waals surface area contributed by atoms with Crippen LogP contribution in [-0.4, -0.2) is 49.6 Å². The van der Waals surface area contributed by atoms with Crippen molar-refractivity contribution in [2.45, 2.75) is 45.8 Å². The minimum absolute atomic E-state index is 0.0316. The number of hydrogen-bond acceptors (Lipinski definition) is 5. The SMILES string of the molecule is CCC(C)NC(=O)C(C)N(Cc1ccccc1)C(=O)COc1cc(OC)cc(OC)c1. The van der Waals surface area contributed by atoms with Crippen molar-refractivity contribution < 1.29 is 23.8 Å². The molecule has 2 aromatic rings. The number of hydrogen-bond donors (Lipinski definition) is 1. The van der Waals surface area contributed by atoms with Gasteiger partial charge >= 0.3 is 0 Å². The van der Waals surface area contributed by atoms with E-state index < -0.39 is 6.04 Å². The lowest BCUT2D eigenvalue weighted by molar-refractivity contribution is -0.142. The van der Waals surface area contributed by atoms with Crippen molar-refractivity contribution in [3.8, 4) is 17.2 Å². The highest BCUT2D eigenvalue weighted by Gasteiger charge is 2.27. The Hall–Kier alpha value is -3.22. The van der Waals surface area contributed by atoms with E-state index in [-0.39, 0.29) is 24.5 Å². The summed E-state index contributed by atoms with van der Waals surface area (Å²) in [6.45, 7) is 5.75. The lowest BCUT2D eigenvalue weighted by atomic mass is 10.1. The van der Waals surface area contributed by atoms with Crippen LogP contribution in [0.25, 0.3) is 0 Å². The molecule has 168 valence electrons. The van der Waals surface area contributed by atoms with Gasteiger partial charge in [0.2, 0.25) is 5.91 Å². The van der Waals surface area contributed by atoms with Crippen LogP contribution in [0.15, 0.2) is 48.5 Å². The van der Waals surface area contributed by atoms with Gasteiger partial charge in [-0.2, -0.15) is 0 Å². The second-order valence-corrected chi connectivity index (χ2v) is 7.34.